The molecule has 0 spiro atoms. The minimum absolute atomic E-state index is 0.190. The van der Waals surface area contributed by atoms with Gasteiger partial charge in [0.15, 0.2) is 0 Å². The second-order valence-corrected chi connectivity index (χ2v) is 11.3. The van der Waals surface area contributed by atoms with E-state index in [0.717, 1.165) is 24.3 Å². The molecule has 0 aromatic heterocycles. The second-order valence-electron chi connectivity index (χ2n) is 11.3. The van der Waals surface area contributed by atoms with Crippen LogP contribution in [0.3, 0.4) is 0 Å². The first kappa shape index (κ1) is 29.5. The summed E-state index contributed by atoms with van der Waals surface area (Å²) >= 11 is 0. The molecule has 2 aromatic carbocycles. The molecule has 2 heteroatoms. The molecule has 2 nitrogen and oxygen atoms in total. The van der Waals surface area contributed by atoms with E-state index < -0.39 is 0 Å². The minimum Gasteiger partial charge on any atom is -0.474 e. The molecule has 0 aliphatic carbocycles. The minimum atomic E-state index is 0.190. The zero-order valence-corrected chi connectivity index (χ0v) is 23.9. The third-order valence-electron chi connectivity index (χ3n) is 7.90. The Labute approximate surface area is 228 Å². The average molecular weight is 504 g/mol. The van der Waals surface area contributed by atoms with E-state index in [1.54, 1.807) is 0 Å². The molecular weight excluding hydrogens is 450 g/mol. The zero-order valence-electron chi connectivity index (χ0n) is 23.9. The molecule has 0 bridgehead atoms. The van der Waals surface area contributed by atoms with Crippen molar-refractivity contribution in [2.24, 2.45) is 4.99 Å². The summed E-state index contributed by atoms with van der Waals surface area (Å²) in [6, 6.07) is 19.5. The molecule has 2 unspecified atom stereocenters. The van der Waals surface area contributed by atoms with E-state index in [1.807, 2.05) is 0 Å². The lowest BCUT2D eigenvalue weighted by Crippen LogP contribution is -2.27. The number of hydrogen-bond donors (Lipinski definition) is 0. The lowest BCUT2D eigenvalue weighted by atomic mass is 9.95. The molecule has 1 aliphatic heterocycles. The number of aliphatic imine (C=N–C) groups is 1. The highest BCUT2D eigenvalue weighted by Crippen LogP contribution is 2.32. The molecule has 2 atom stereocenters. The van der Waals surface area contributed by atoms with Crippen LogP contribution in [0.25, 0.3) is 0 Å². The topological polar surface area (TPSA) is 21.6 Å². The van der Waals surface area contributed by atoms with E-state index in [9.17, 15) is 0 Å². The number of nitrogens with zero attached hydrogens (tertiary/aromatic N) is 1. The summed E-state index contributed by atoms with van der Waals surface area (Å²) < 4.78 is 6.42. The fourth-order valence-electron chi connectivity index (χ4n) is 5.50. The maximum absolute atomic E-state index is 6.42. The first-order chi connectivity index (χ1) is 18.3. The molecule has 204 valence electrons. The summed E-state index contributed by atoms with van der Waals surface area (Å²) in [4.78, 5) is 5.02. The van der Waals surface area contributed by atoms with Crippen molar-refractivity contribution < 1.29 is 4.74 Å². The van der Waals surface area contributed by atoms with Crippen molar-refractivity contribution in [1.29, 1.82) is 0 Å². The lowest BCUT2D eigenvalue weighted by Gasteiger charge is -2.29. The Balaban J connectivity index is 1.27. The fourth-order valence-corrected chi connectivity index (χ4v) is 5.50. The molecule has 2 aromatic rings. The predicted octanol–water partition coefficient (Wildman–Crippen LogP) is 10.9. The summed E-state index contributed by atoms with van der Waals surface area (Å²) in [7, 11) is 0. The van der Waals surface area contributed by atoms with Gasteiger partial charge in [0, 0.05) is 12.0 Å². The molecule has 0 saturated heterocycles. The molecule has 1 heterocycles. The van der Waals surface area contributed by atoms with Crippen molar-refractivity contribution in [2.45, 2.75) is 142 Å². The Kier molecular flexibility index (Phi) is 14.5. The van der Waals surface area contributed by atoms with Crippen molar-refractivity contribution in [2.75, 3.05) is 0 Å². The summed E-state index contributed by atoms with van der Waals surface area (Å²) in [6.07, 6.45) is 24.9. The number of rotatable bonds is 19. The fraction of sp³-hybridized carbons (Fsp3) is 0.629. The first-order valence-corrected chi connectivity index (χ1v) is 15.6. The molecule has 37 heavy (non-hydrogen) atoms. The molecule has 0 radical (unpaired) electrons. The van der Waals surface area contributed by atoms with Crippen molar-refractivity contribution >= 4 is 5.90 Å². The van der Waals surface area contributed by atoms with Gasteiger partial charge in [-0.2, -0.15) is 0 Å². The van der Waals surface area contributed by atoms with Crippen LogP contribution in [0.4, 0.5) is 0 Å². The summed E-state index contributed by atoms with van der Waals surface area (Å²) in [5.74, 6) is 0.818. The Hall–Kier alpha value is -2.09. The van der Waals surface area contributed by atoms with Gasteiger partial charge < -0.3 is 4.74 Å². The highest BCUT2D eigenvalue weighted by molar-refractivity contribution is 5.94. The van der Waals surface area contributed by atoms with Crippen LogP contribution in [0.1, 0.15) is 145 Å². The zero-order chi connectivity index (χ0) is 26.0. The largest absolute Gasteiger partial charge is 0.474 e. The Morgan fingerprint density at radius 2 is 1.16 bits per heavy atom. The van der Waals surface area contributed by atoms with Crippen molar-refractivity contribution in [3.63, 3.8) is 0 Å². The van der Waals surface area contributed by atoms with E-state index in [0.29, 0.717) is 0 Å². The van der Waals surface area contributed by atoms with Gasteiger partial charge in [-0.15, -0.1) is 0 Å². The van der Waals surface area contributed by atoms with Gasteiger partial charge in [0.25, 0.3) is 0 Å². The van der Waals surface area contributed by atoms with Crippen LogP contribution in [0.5, 0.6) is 0 Å². The average Bonchev–Trinajstić information content (AvgIpc) is 2.93. The SMILES string of the molecule is CCCCCCCCCCCCCCCCCCC1CC(c2ccc(C)cc2)N=C(c2ccccc2)O1. The molecule has 0 amide bonds. The normalized spacial score (nSPS) is 17.4. The van der Waals surface area contributed by atoms with Gasteiger partial charge in [-0.1, -0.05) is 151 Å². The number of ether oxygens (including phenoxy) is 1. The molecule has 1 aliphatic rings. The number of hydrogen-bond acceptors (Lipinski definition) is 2. The number of aryl methyl sites for hydroxylation is 1. The third-order valence-corrected chi connectivity index (χ3v) is 7.90. The molecule has 0 fully saturated rings. The number of benzene rings is 2. The Morgan fingerprint density at radius 1 is 0.649 bits per heavy atom. The summed E-state index contributed by atoms with van der Waals surface area (Å²) in [5, 5.41) is 0. The highest BCUT2D eigenvalue weighted by Gasteiger charge is 2.26. The van der Waals surface area contributed by atoms with Gasteiger partial charge in [0.05, 0.1) is 6.04 Å². The van der Waals surface area contributed by atoms with E-state index in [2.05, 4.69) is 68.4 Å². The predicted molar refractivity (Wildman–Crippen MR) is 161 cm³/mol. The van der Waals surface area contributed by atoms with Crippen LogP contribution < -0.4 is 0 Å². The summed E-state index contributed by atoms with van der Waals surface area (Å²) in [5.41, 5.74) is 3.70. The smallest absolute Gasteiger partial charge is 0.216 e. The third kappa shape index (κ3) is 11.9. The van der Waals surface area contributed by atoms with E-state index >= 15 is 0 Å². The van der Waals surface area contributed by atoms with Crippen LogP contribution in [0, 0.1) is 6.92 Å². The van der Waals surface area contributed by atoms with Gasteiger partial charge in [0.1, 0.15) is 6.10 Å². The van der Waals surface area contributed by atoms with Gasteiger partial charge in [0.2, 0.25) is 5.90 Å². The standard InChI is InChI=1S/C35H53NO/c1-3-4-5-6-7-8-9-10-11-12-13-14-15-16-17-21-24-33-29-34(31-27-25-30(2)26-28-31)36-35(37-33)32-22-19-18-20-23-32/h18-20,22-23,25-28,33-34H,3-17,21,24,29H2,1-2H3. The van der Waals surface area contributed by atoms with E-state index in [4.69, 9.17) is 9.73 Å². The van der Waals surface area contributed by atoms with Crippen LogP contribution in [-0.4, -0.2) is 12.0 Å². The van der Waals surface area contributed by atoms with Crippen LogP contribution in [0.2, 0.25) is 0 Å². The van der Waals surface area contributed by atoms with Gasteiger partial charge in [-0.3, -0.25) is 0 Å². The van der Waals surface area contributed by atoms with Crippen molar-refractivity contribution in [3.8, 4) is 0 Å². The van der Waals surface area contributed by atoms with Crippen LogP contribution in [-0.2, 0) is 4.74 Å². The van der Waals surface area contributed by atoms with Crippen LogP contribution >= 0.6 is 0 Å². The molecule has 0 N–H and O–H groups in total. The maximum Gasteiger partial charge on any atom is 0.216 e. The Bertz CT molecular complexity index is 857. The molecule has 0 saturated carbocycles. The van der Waals surface area contributed by atoms with Crippen molar-refractivity contribution in [3.05, 3.63) is 71.3 Å². The molecule has 3 rings (SSSR count). The Morgan fingerprint density at radius 3 is 1.70 bits per heavy atom. The molecular formula is C35H53NO. The summed E-state index contributed by atoms with van der Waals surface area (Å²) in [6.45, 7) is 4.44. The van der Waals surface area contributed by atoms with Gasteiger partial charge >= 0.3 is 0 Å². The quantitative estimate of drug-likeness (QED) is 0.175. The first-order valence-electron chi connectivity index (χ1n) is 15.6. The monoisotopic (exact) mass is 503 g/mol. The highest BCUT2D eigenvalue weighted by atomic mass is 16.5. The van der Waals surface area contributed by atoms with Crippen LogP contribution in [0.15, 0.2) is 59.6 Å². The second kappa shape index (κ2) is 18.2. The van der Waals surface area contributed by atoms with E-state index in [1.165, 1.54) is 114 Å². The lowest BCUT2D eigenvalue weighted by molar-refractivity contribution is 0.138. The number of unbranched alkanes of at least 4 members (excludes halogenated alkanes) is 15. The van der Waals surface area contributed by atoms with Gasteiger partial charge in [-0.05, 0) is 37.5 Å². The van der Waals surface area contributed by atoms with Crippen molar-refractivity contribution in [1.82, 2.24) is 0 Å². The van der Waals surface area contributed by atoms with E-state index in [-0.39, 0.29) is 12.1 Å². The van der Waals surface area contributed by atoms with Gasteiger partial charge in [-0.25, -0.2) is 4.99 Å². The maximum atomic E-state index is 6.42.